The normalized spacial score (nSPS) is 16.8. The van der Waals surface area contributed by atoms with Gasteiger partial charge >= 0.3 is 59.1 Å². The minimum Gasteiger partial charge on any atom is -0.548 e. The van der Waals surface area contributed by atoms with Gasteiger partial charge in [0.25, 0.3) is 10.5 Å². The molecule has 18 heteroatoms. The van der Waals surface area contributed by atoms with Crippen molar-refractivity contribution in [2.24, 2.45) is 11.5 Å². The second-order valence-corrected chi connectivity index (χ2v) is 14.6. The van der Waals surface area contributed by atoms with E-state index in [4.69, 9.17) is 20.9 Å². The smallest absolute Gasteiger partial charge is 0.548 e. The quantitative estimate of drug-likeness (QED) is 0.0888. The van der Waals surface area contributed by atoms with Crippen molar-refractivity contribution < 1.29 is 108 Å². The van der Waals surface area contributed by atoms with Crippen LogP contribution in [0.3, 0.4) is 0 Å². The second kappa shape index (κ2) is 22.3. The molecule has 14 nitrogen and oxygen atoms in total. The van der Waals surface area contributed by atoms with Gasteiger partial charge in [0.2, 0.25) is 11.8 Å². The predicted octanol–water partition coefficient (Wildman–Crippen LogP) is -4.01. The Hall–Kier alpha value is -3.68. The van der Waals surface area contributed by atoms with Crippen LogP contribution in [0.25, 0.3) is 0 Å². The van der Waals surface area contributed by atoms with Crippen LogP contribution in [0.4, 0.5) is 9.59 Å². The van der Waals surface area contributed by atoms with Gasteiger partial charge in [-0.15, -0.1) is 0 Å². The molecule has 0 radical (unpaired) electrons. The predicted molar refractivity (Wildman–Crippen MR) is 197 cm³/mol. The molecule has 2 saturated heterocycles. The molecule has 280 valence electrons. The van der Waals surface area contributed by atoms with Crippen LogP contribution in [-0.2, 0) is 44.9 Å². The summed E-state index contributed by atoms with van der Waals surface area (Å²) in [6.45, 7) is 0. The summed E-state index contributed by atoms with van der Waals surface area (Å²) in [4.78, 5) is 67.0. The van der Waals surface area contributed by atoms with Gasteiger partial charge in [-0.1, -0.05) is 72.1 Å². The van der Waals surface area contributed by atoms with E-state index in [1.54, 1.807) is 72.8 Å². The molecular weight excluding hydrogens is 783 g/mol. The Morgan fingerprint density at radius 3 is 1.04 bits per heavy atom. The van der Waals surface area contributed by atoms with E-state index in [0.29, 0.717) is 35.8 Å². The number of imide groups is 2. The third-order valence-electron chi connectivity index (χ3n) is 8.06. The Kier molecular flexibility index (Phi) is 18.6. The Balaban J connectivity index is 0.000000290. The van der Waals surface area contributed by atoms with E-state index in [9.17, 15) is 39.0 Å². The average molecular weight is 817 g/mol. The van der Waals surface area contributed by atoms with Crippen molar-refractivity contribution in [3.63, 3.8) is 0 Å². The van der Waals surface area contributed by atoms with Gasteiger partial charge in [-0.2, -0.15) is 0 Å². The van der Waals surface area contributed by atoms with Crippen LogP contribution < -0.4 is 101 Å². The van der Waals surface area contributed by atoms with E-state index in [0.717, 1.165) is 45.8 Å². The third kappa shape index (κ3) is 14.4. The summed E-state index contributed by atoms with van der Waals surface area (Å²) in [7, 11) is 0. The molecule has 0 spiro atoms. The molecule has 56 heavy (non-hydrogen) atoms. The average Bonchev–Trinajstić information content (AvgIpc) is 3.64. The Morgan fingerprint density at radius 2 is 0.804 bits per heavy atom. The van der Waals surface area contributed by atoms with E-state index in [1.165, 1.54) is 0 Å². The number of aliphatic carboxylic acids is 2. The fourth-order valence-corrected chi connectivity index (χ4v) is 6.92. The van der Waals surface area contributed by atoms with Gasteiger partial charge < -0.3 is 40.7 Å². The van der Waals surface area contributed by atoms with Gasteiger partial charge in [-0.3, -0.25) is 29.8 Å². The maximum atomic E-state index is 11.6. The van der Waals surface area contributed by atoms with E-state index in [1.807, 2.05) is 24.3 Å². The number of thioether (sulfide) groups is 2. The van der Waals surface area contributed by atoms with Crippen LogP contribution in [0, 0.1) is 0 Å². The van der Waals surface area contributed by atoms with Gasteiger partial charge in [0.15, 0.2) is 0 Å². The fourth-order valence-electron chi connectivity index (χ4n) is 5.20. The largest absolute Gasteiger partial charge is 1.00 e. The molecule has 6 rings (SSSR count). The third-order valence-corrected chi connectivity index (χ3v) is 10.0. The Morgan fingerprint density at radius 1 is 0.536 bits per heavy atom. The molecule has 2 fully saturated rings. The fraction of sp³-hybridized carbons (Fsp3) is 0.211. The summed E-state index contributed by atoms with van der Waals surface area (Å²) in [5, 5.41) is 24.5. The van der Waals surface area contributed by atoms with E-state index >= 15 is 0 Å². The van der Waals surface area contributed by atoms with Crippen molar-refractivity contribution in [1.82, 2.24) is 10.6 Å². The molecule has 2 aliphatic heterocycles. The first kappa shape index (κ1) is 46.7. The van der Waals surface area contributed by atoms with Crippen molar-refractivity contribution in [3.8, 4) is 23.0 Å². The number of carbonyl (C=O) groups excluding carboxylic acids is 6. The number of amides is 4. The molecule has 4 aromatic carbocycles. The number of carboxylic acids is 2. The molecule has 0 aromatic heterocycles. The van der Waals surface area contributed by atoms with Gasteiger partial charge in [-0.05, 0) is 96.5 Å². The van der Waals surface area contributed by atoms with E-state index < -0.39 is 34.5 Å². The number of rotatable bonds is 14. The SMILES string of the molecule is N[C@@H](Cc1ccc(Oc2ccc(CC3SC(=O)NC3=O)cc2)cc1)C(=O)[O-].N[C@@H](Cc1ccc(Oc2ccc(CC3SC(=O)NC3=O)cc2)cc1)C(=O)[O-].[Na+].[Na+]. The monoisotopic (exact) mass is 816 g/mol. The molecule has 2 heterocycles. The molecule has 2 aliphatic rings. The molecular formula is C38H34N4Na2O10S2. The number of carboxylic acid groups (broad SMARTS) is 2. The molecule has 4 amide bonds. The van der Waals surface area contributed by atoms with Gasteiger partial charge in [0.05, 0.1) is 22.4 Å². The van der Waals surface area contributed by atoms with Crippen LogP contribution in [0.5, 0.6) is 23.0 Å². The molecule has 4 aromatic rings. The number of hydrogen-bond acceptors (Lipinski definition) is 14. The summed E-state index contributed by atoms with van der Waals surface area (Å²) in [5.74, 6) is -0.640. The maximum absolute atomic E-state index is 11.6. The van der Waals surface area contributed by atoms with Gasteiger partial charge in [0.1, 0.15) is 23.0 Å². The first-order valence-electron chi connectivity index (χ1n) is 16.5. The van der Waals surface area contributed by atoms with E-state index in [-0.39, 0.29) is 94.2 Å². The number of nitrogens with two attached hydrogens (primary N) is 2. The van der Waals surface area contributed by atoms with Gasteiger partial charge in [-0.25, -0.2) is 0 Å². The van der Waals surface area contributed by atoms with Crippen molar-refractivity contribution in [3.05, 3.63) is 119 Å². The van der Waals surface area contributed by atoms with E-state index in [2.05, 4.69) is 10.6 Å². The van der Waals surface area contributed by atoms with Crippen molar-refractivity contribution in [2.75, 3.05) is 0 Å². The molecule has 6 N–H and O–H groups in total. The standard InChI is InChI=1S/2C19H18N2O5S.2Na/c2*20-15(18(23)24)9-11-1-5-13(6-2-11)26-14-7-3-12(4-8-14)10-16-17(22)21-19(25)27-16;;/h2*1-8,15-16H,9-10,20H2,(H,23,24)(H,21,22,25);;/q;;2*+1/p-2/t2*15-,16?;;/m00../s1. The zero-order valence-corrected chi connectivity index (χ0v) is 36.1. The van der Waals surface area contributed by atoms with Crippen molar-refractivity contribution in [2.45, 2.75) is 48.3 Å². The molecule has 0 bridgehead atoms. The van der Waals surface area contributed by atoms with Crippen LogP contribution in [0.15, 0.2) is 97.1 Å². The molecule has 0 aliphatic carbocycles. The number of benzene rings is 4. The number of carbonyl (C=O) groups is 6. The van der Waals surface area contributed by atoms with Crippen LogP contribution >= 0.6 is 23.5 Å². The van der Waals surface area contributed by atoms with Crippen molar-refractivity contribution >= 4 is 57.8 Å². The summed E-state index contributed by atoms with van der Waals surface area (Å²) in [5.41, 5.74) is 14.3. The molecule has 2 unspecified atom stereocenters. The number of ether oxygens (including phenoxy) is 2. The van der Waals surface area contributed by atoms with Crippen LogP contribution in [0.2, 0.25) is 0 Å². The second-order valence-electron chi connectivity index (χ2n) is 12.2. The van der Waals surface area contributed by atoms with Gasteiger partial charge in [0, 0.05) is 12.1 Å². The molecule has 0 saturated carbocycles. The van der Waals surface area contributed by atoms with Crippen LogP contribution in [0.1, 0.15) is 22.3 Å². The minimum absolute atomic E-state index is 0. The number of hydrogen-bond donors (Lipinski definition) is 4. The number of nitrogens with one attached hydrogen (secondary N) is 2. The zero-order chi connectivity index (χ0) is 38.8. The van der Waals surface area contributed by atoms with Crippen LogP contribution in [-0.4, -0.2) is 56.8 Å². The Bertz CT molecular complexity index is 1860. The Labute approximate surface area is 374 Å². The first-order chi connectivity index (χ1) is 25.8. The minimum atomic E-state index is -1.28. The topological polar surface area (TPSA) is 243 Å². The summed E-state index contributed by atoms with van der Waals surface area (Å²) >= 11 is 2.00. The first-order valence-corrected chi connectivity index (χ1v) is 18.2. The summed E-state index contributed by atoms with van der Waals surface area (Å²) < 4.78 is 11.5. The molecule has 4 atom stereocenters. The maximum Gasteiger partial charge on any atom is 1.00 e. The summed E-state index contributed by atoms with van der Waals surface area (Å²) in [6.07, 6.45) is 1.31. The summed E-state index contributed by atoms with van der Waals surface area (Å²) in [6, 6.07) is 26.4. The zero-order valence-electron chi connectivity index (χ0n) is 30.4. The van der Waals surface area contributed by atoms with Crippen molar-refractivity contribution in [1.29, 1.82) is 0 Å².